The molecule has 0 saturated heterocycles. The third-order valence-electron chi connectivity index (χ3n) is 14.1. The lowest BCUT2D eigenvalue weighted by Gasteiger charge is -2.30. The fraction of sp³-hybridized carbons (Fsp3) is 0.0984. The summed E-state index contributed by atoms with van der Waals surface area (Å²) in [5.41, 5.74) is 17.6. The number of nitrogens with zero attached hydrogens (tertiary/aromatic N) is 3. The molecule has 0 fully saturated rings. The van der Waals surface area contributed by atoms with Crippen LogP contribution in [0.4, 0.5) is 28.4 Å². The van der Waals surface area contributed by atoms with E-state index < -0.39 is 0 Å². The first-order valence-corrected chi connectivity index (χ1v) is 22.8. The average molecular weight is 820 g/mol. The summed E-state index contributed by atoms with van der Waals surface area (Å²) < 4.78 is 0. The van der Waals surface area contributed by atoms with E-state index in [2.05, 4.69) is 204 Å². The lowest BCUT2D eigenvalue weighted by molar-refractivity contribution is 0.833. The normalized spacial score (nSPS) is 14.6. The van der Waals surface area contributed by atoms with E-state index in [4.69, 9.17) is 4.98 Å². The van der Waals surface area contributed by atoms with Gasteiger partial charge in [-0.1, -0.05) is 133 Å². The highest BCUT2D eigenvalue weighted by Gasteiger charge is 2.28. The number of rotatable bonds is 4. The molecule has 3 heterocycles. The molecule has 0 radical (unpaired) electrons. The molecule has 0 unspecified atom stereocenters. The van der Waals surface area contributed by atoms with Crippen molar-refractivity contribution in [3.8, 4) is 22.4 Å². The zero-order chi connectivity index (χ0) is 42.1. The molecule has 64 heavy (non-hydrogen) atoms. The van der Waals surface area contributed by atoms with Gasteiger partial charge >= 0.3 is 0 Å². The van der Waals surface area contributed by atoms with Crippen molar-refractivity contribution in [2.75, 3.05) is 9.80 Å². The van der Waals surface area contributed by atoms with Crippen molar-refractivity contribution in [3.63, 3.8) is 0 Å². The molecule has 0 amide bonds. The van der Waals surface area contributed by atoms with Crippen molar-refractivity contribution in [1.82, 2.24) is 4.98 Å². The fourth-order valence-corrected chi connectivity index (χ4v) is 11.1. The summed E-state index contributed by atoms with van der Waals surface area (Å²) in [4.78, 5) is 10.4. The van der Waals surface area contributed by atoms with Gasteiger partial charge in [0.15, 0.2) is 0 Å². The smallest absolute Gasteiger partial charge is 0.0792 e. The minimum Gasteiger partial charge on any atom is -0.310 e. The van der Waals surface area contributed by atoms with Crippen LogP contribution in [0.5, 0.6) is 0 Å². The molecule has 3 aliphatic rings. The third kappa shape index (κ3) is 5.92. The van der Waals surface area contributed by atoms with Crippen LogP contribution in [0.25, 0.3) is 65.5 Å². The van der Waals surface area contributed by atoms with E-state index >= 15 is 0 Å². The van der Waals surface area contributed by atoms with Gasteiger partial charge in [0.05, 0.1) is 5.69 Å². The Labute approximate surface area is 373 Å². The zero-order valence-electron chi connectivity index (χ0n) is 35.6. The van der Waals surface area contributed by atoms with Crippen molar-refractivity contribution in [1.29, 1.82) is 0 Å². The molecule has 0 spiro atoms. The SMILES string of the molecule is C1=CC2=C(CC1)CCc1ccccc1N2c1ccc2c(-c3nccc4ccccc34)c3cc(N4c5ccccc5CCc5ccccc54)ccc3c(-c3ccc4ccccc4c3)c2c1. The van der Waals surface area contributed by atoms with Crippen LogP contribution >= 0.6 is 0 Å². The second-order valence-electron chi connectivity index (χ2n) is 17.6. The Bertz CT molecular complexity index is 3540. The molecule has 1 aliphatic carbocycles. The maximum Gasteiger partial charge on any atom is 0.0792 e. The number of allylic oxidation sites excluding steroid dienone is 3. The van der Waals surface area contributed by atoms with E-state index in [9.17, 15) is 0 Å². The number of para-hydroxylation sites is 3. The lowest BCUT2D eigenvalue weighted by Crippen LogP contribution is -2.18. The van der Waals surface area contributed by atoms with Crippen molar-refractivity contribution in [2.45, 2.75) is 38.5 Å². The van der Waals surface area contributed by atoms with Crippen LogP contribution in [0, 0.1) is 0 Å². The second-order valence-corrected chi connectivity index (χ2v) is 17.6. The van der Waals surface area contributed by atoms with E-state index in [0.717, 1.165) is 60.9 Å². The summed E-state index contributed by atoms with van der Waals surface area (Å²) in [6.07, 6.45) is 13.0. The van der Waals surface area contributed by atoms with Gasteiger partial charge in [-0.3, -0.25) is 4.98 Å². The van der Waals surface area contributed by atoms with Crippen LogP contribution in [-0.2, 0) is 19.3 Å². The quantitative estimate of drug-likeness (QED) is 0.165. The molecular weight excluding hydrogens is 775 g/mol. The van der Waals surface area contributed by atoms with Gasteiger partial charge in [-0.05, 0) is 170 Å². The summed E-state index contributed by atoms with van der Waals surface area (Å²) in [5.74, 6) is 0. The Hall–Kier alpha value is -7.75. The summed E-state index contributed by atoms with van der Waals surface area (Å²) >= 11 is 0. The molecule has 0 N–H and O–H groups in total. The minimum absolute atomic E-state index is 0.997. The average Bonchev–Trinajstić information content (AvgIpc) is 3.63. The zero-order valence-corrected chi connectivity index (χ0v) is 35.6. The van der Waals surface area contributed by atoms with Crippen molar-refractivity contribution in [3.05, 3.63) is 228 Å². The predicted octanol–water partition coefficient (Wildman–Crippen LogP) is 16.3. The maximum atomic E-state index is 5.32. The Balaban J connectivity index is 1.17. The monoisotopic (exact) mass is 819 g/mol. The molecule has 1 aromatic heterocycles. The number of hydrogen-bond donors (Lipinski definition) is 0. The Kier molecular flexibility index (Phi) is 8.62. The Morgan fingerprint density at radius 1 is 0.391 bits per heavy atom. The predicted molar refractivity (Wildman–Crippen MR) is 270 cm³/mol. The molecule has 0 saturated carbocycles. The van der Waals surface area contributed by atoms with Crippen LogP contribution < -0.4 is 9.80 Å². The van der Waals surface area contributed by atoms with Crippen LogP contribution in [-0.4, -0.2) is 4.98 Å². The van der Waals surface area contributed by atoms with Crippen molar-refractivity contribution < 1.29 is 0 Å². The van der Waals surface area contributed by atoms with Gasteiger partial charge in [0, 0.05) is 51.3 Å². The van der Waals surface area contributed by atoms with Gasteiger partial charge in [0.25, 0.3) is 0 Å². The molecule has 0 atom stereocenters. The minimum atomic E-state index is 0.997. The van der Waals surface area contributed by atoms with Crippen LogP contribution in [0.15, 0.2) is 212 Å². The molecule has 13 rings (SSSR count). The highest BCUT2D eigenvalue weighted by molar-refractivity contribution is 6.24. The number of benzene rings is 9. The number of hydrogen-bond acceptors (Lipinski definition) is 3. The van der Waals surface area contributed by atoms with Crippen molar-refractivity contribution >= 4 is 71.5 Å². The van der Waals surface area contributed by atoms with E-state index in [1.165, 1.54) is 99.5 Å². The largest absolute Gasteiger partial charge is 0.310 e. The Morgan fingerprint density at radius 2 is 0.969 bits per heavy atom. The molecular formula is C61H45N3. The second kappa shape index (κ2) is 15.0. The first-order chi connectivity index (χ1) is 31.7. The number of aryl methyl sites for hydroxylation is 3. The lowest BCUT2D eigenvalue weighted by atomic mass is 9.85. The highest BCUT2D eigenvalue weighted by Crippen LogP contribution is 2.51. The number of pyridine rings is 1. The van der Waals surface area contributed by atoms with Gasteiger partial charge in [0.1, 0.15) is 0 Å². The molecule has 3 nitrogen and oxygen atoms in total. The van der Waals surface area contributed by atoms with Crippen LogP contribution in [0.1, 0.15) is 36.0 Å². The summed E-state index contributed by atoms with van der Waals surface area (Å²) in [7, 11) is 0. The third-order valence-corrected chi connectivity index (χ3v) is 14.1. The van der Waals surface area contributed by atoms with Gasteiger partial charge in [0.2, 0.25) is 0 Å². The molecule has 2 aliphatic heterocycles. The van der Waals surface area contributed by atoms with Gasteiger partial charge in [-0.2, -0.15) is 0 Å². The molecule has 304 valence electrons. The molecule has 10 aromatic rings. The first kappa shape index (κ1) is 36.9. The Morgan fingerprint density at radius 3 is 1.70 bits per heavy atom. The van der Waals surface area contributed by atoms with E-state index in [1.54, 1.807) is 0 Å². The molecule has 0 bridgehead atoms. The molecule has 9 aromatic carbocycles. The number of aromatic nitrogens is 1. The van der Waals surface area contributed by atoms with E-state index in [1.807, 2.05) is 6.20 Å². The van der Waals surface area contributed by atoms with Crippen LogP contribution in [0.3, 0.4) is 0 Å². The first-order valence-electron chi connectivity index (χ1n) is 22.8. The van der Waals surface area contributed by atoms with Gasteiger partial charge in [-0.25, -0.2) is 0 Å². The number of anilines is 5. The highest BCUT2D eigenvalue weighted by atomic mass is 15.2. The van der Waals surface area contributed by atoms with E-state index in [-0.39, 0.29) is 0 Å². The van der Waals surface area contributed by atoms with Crippen LogP contribution in [0.2, 0.25) is 0 Å². The number of fused-ring (bicyclic) bond motifs is 7. The fourth-order valence-electron chi connectivity index (χ4n) is 11.1. The topological polar surface area (TPSA) is 19.4 Å². The van der Waals surface area contributed by atoms with Crippen molar-refractivity contribution in [2.24, 2.45) is 0 Å². The van der Waals surface area contributed by atoms with Gasteiger partial charge in [-0.15, -0.1) is 0 Å². The van der Waals surface area contributed by atoms with Gasteiger partial charge < -0.3 is 9.80 Å². The maximum absolute atomic E-state index is 5.32. The molecule has 3 heteroatoms. The summed E-state index contributed by atoms with van der Waals surface area (Å²) in [5, 5.41) is 9.59. The summed E-state index contributed by atoms with van der Waals surface area (Å²) in [6, 6.07) is 68.0. The summed E-state index contributed by atoms with van der Waals surface area (Å²) in [6.45, 7) is 0. The van der Waals surface area contributed by atoms with E-state index in [0.29, 0.717) is 0 Å². The standard InChI is InChI=1S/C61H45N3/c1-2-19-46-37-47(30-25-40(46)13-1)59-51-33-31-49(64-57-23-11-6-17-44(57)28-29-45-18-7-12-24-58(45)64)39-54(51)60(61-50-20-8-3-14-41(50)35-36-62-61)52-34-32-48(38-53(52)59)63-55-21-9-4-15-42(55)26-27-43-16-5-10-22-56(43)63/h1-4,6-15,17-25,30-39H,5,16,26-29H2.